The van der Waals surface area contributed by atoms with Gasteiger partial charge in [0.15, 0.2) is 0 Å². The van der Waals surface area contributed by atoms with Crippen molar-refractivity contribution in [2.45, 2.75) is 51.5 Å². The molecule has 1 saturated heterocycles. The lowest BCUT2D eigenvalue weighted by Crippen LogP contribution is -2.51. The summed E-state index contributed by atoms with van der Waals surface area (Å²) in [6.07, 6.45) is 7.14. The zero-order valence-corrected chi connectivity index (χ0v) is 14.9. The number of nitrogens with zero attached hydrogens (tertiary/aromatic N) is 5. The largest absolute Gasteiger partial charge is 0.338 e. The Morgan fingerprint density at radius 1 is 1.24 bits per heavy atom. The minimum absolute atomic E-state index is 0.0577. The summed E-state index contributed by atoms with van der Waals surface area (Å²) in [6, 6.07) is 1.67. The van der Waals surface area contributed by atoms with E-state index < -0.39 is 5.54 Å². The van der Waals surface area contributed by atoms with Gasteiger partial charge in [-0.3, -0.25) is 19.5 Å². The van der Waals surface area contributed by atoms with Crippen molar-refractivity contribution in [2.75, 3.05) is 19.6 Å². The molecule has 3 heterocycles. The number of rotatable bonds is 5. The Kier molecular flexibility index (Phi) is 5.11. The normalized spacial score (nSPS) is 19.4. The average Bonchev–Trinajstić information content (AvgIpc) is 2.92. The van der Waals surface area contributed by atoms with Crippen molar-refractivity contribution in [2.24, 2.45) is 4.99 Å². The van der Waals surface area contributed by atoms with Crippen molar-refractivity contribution in [1.82, 2.24) is 20.0 Å². The second-order valence-electron chi connectivity index (χ2n) is 6.64. The first kappa shape index (κ1) is 17.5. The molecule has 0 radical (unpaired) electrons. The van der Waals surface area contributed by atoms with E-state index in [4.69, 9.17) is 4.99 Å². The summed E-state index contributed by atoms with van der Waals surface area (Å²) in [6.45, 7) is 5.87. The molecule has 134 valence electrons. The van der Waals surface area contributed by atoms with Gasteiger partial charge in [0.05, 0.1) is 18.0 Å². The third kappa shape index (κ3) is 3.27. The highest BCUT2D eigenvalue weighted by Crippen LogP contribution is 2.35. The maximum Gasteiger partial charge on any atom is 0.255 e. The third-order valence-corrected chi connectivity index (χ3v) is 5.08. The molecule has 0 aromatic carbocycles. The molecule has 0 aliphatic carbocycles. The number of hydrogen-bond acceptors (Lipinski definition) is 5. The Hall–Kier alpha value is -2.31. The van der Waals surface area contributed by atoms with E-state index in [1.807, 2.05) is 11.8 Å². The van der Waals surface area contributed by atoms with E-state index in [9.17, 15) is 9.59 Å². The summed E-state index contributed by atoms with van der Waals surface area (Å²) in [5.74, 6) is 0.976. The van der Waals surface area contributed by atoms with Crippen LogP contribution in [-0.4, -0.2) is 62.8 Å². The molecule has 2 aliphatic rings. The molecule has 2 amide bonds. The van der Waals surface area contributed by atoms with Crippen molar-refractivity contribution >= 4 is 17.6 Å². The fraction of sp³-hybridized carbons (Fsp3) is 0.611. The highest BCUT2D eigenvalue weighted by Gasteiger charge is 2.49. The van der Waals surface area contributed by atoms with Crippen LogP contribution in [0.15, 0.2) is 23.5 Å². The molecule has 0 saturated carbocycles. The third-order valence-electron chi connectivity index (χ3n) is 5.08. The maximum absolute atomic E-state index is 12.9. The summed E-state index contributed by atoms with van der Waals surface area (Å²) >= 11 is 0. The number of likely N-dealkylation sites (N-methyl/N-ethyl adjacent to an activating group) is 1. The first-order chi connectivity index (χ1) is 12.1. The first-order valence-corrected chi connectivity index (χ1v) is 9.08. The summed E-state index contributed by atoms with van der Waals surface area (Å²) in [5.41, 5.74) is -0.127. The van der Waals surface area contributed by atoms with E-state index in [0.29, 0.717) is 38.0 Å². The molecule has 25 heavy (non-hydrogen) atoms. The molecule has 1 aromatic rings. The van der Waals surface area contributed by atoms with Gasteiger partial charge >= 0.3 is 0 Å². The van der Waals surface area contributed by atoms with E-state index in [-0.39, 0.29) is 11.8 Å². The van der Waals surface area contributed by atoms with E-state index in [1.54, 1.807) is 11.0 Å². The topological polar surface area (TPSA) is 78.8 Å². The van der Waals surface area contributed by atoms with E-state index >= 15 is 0 Å². The van der Waals surface area contributed by atoms with Crippen LogP contribution >= 0.6 is 0 Å². The van der Waals surface area contributed by atoms with Crippen molar-refractivity contribution in [1.29, 1.82) is 0 Å². The van der Waals surface area contributed by atoms with E-state index in [1.165, 1.54) is 12.4 Å². The van der Waals surface area contributed by atoms with Crippen LogP contribution in [-0.2, 0) is 4.79 Å². The van der Waals surface area contributed by atoms with Gasteiger partial charge in [-0.1, -0.05) is 13.3 Å². The maximum atomic E-state index is 12.9. The summed E-state index contributed by atoms with van der Waals surface area (Å²) in [5, 5.41) is 7.47. The molecule has 0 N–H and O–H groups in total. The quantitative estimate of drug-likeness (QED) is 0.818. The number of hydrogen-bond donors (Lipinski definition) is 0. The predicted octanol–water partition coefficient (Wildman–Crippen LogP) is 1.90. The monoisotopic (exact) mass is 343 g/mol. The lowest BCUT2D eigenvalue weighted by molar-refractivity contribution is -0.132. The molecule has 1 fully saturated rings. The molecule has 3 rings (SSSR count). The van der Waals surface area contributed by atoms with Crippen LogP contribution in [0.2, 0.25) is 0 Å². The molecule has 7 nitrogen and oxygen atoms in total. The molecule has 2 aliphatic heterocycles. The first-order valence-electron chi connectivity index (χ1n) is 9.08. The second kappa shape index (κ2) is 7.29. The minimum Gasteiger partial charge on any atom is -0.338 e. The molecule has 0 atom stereocenters. The van der Waals surface area contributed by atoms with Crippen LogP contribution in [0.25, 0.3) is 0 Å². The van der Waals surface area contributed by atoms with Crippen molar-refractivity contribution < 1.29 is 9.59 Å². The second-order valence-corrected chi connectivity index (χ2v) is 6.64. The van der Waals surface area contributed by atoms with E-state index in [2.05, 4.69) is 17.1 Å². The molecule has 0 unspecified atom stereocenters. The van der Waals surface area contributed by atoms with Crippen molar-refractivity contribution in [3.05, 3.63) is 24.0 Å². The zero-order valence-electron chi connectivity index (χ0n) is 14.9. The Morgan fingerprint density at radius 2 is 2.00 bits per heavy atom. The van der Waals surface area contributed by atoms with E-state index in [0.717, 1.165) is 25.1 Å². The van der Waals surface area contributed by atoms with Gasteiger partial charge in [0.25, 0.3) is 11.8 Å². The van der Waals surface area contributed by atoms with Crippen LogP contribution in [0.3, 0.4) is 0 Å². The van der Waals surface area contributed by atoms with Crippen molar-refractivity contribution in [3.63, 3.8) is 0 Å². The Balaban J connectivity index is 1.71. The number of unbranched alkanes of at least 4 members (excludes halogenated alkanes) is 1. The minimum atomic E-state index is -0.660. The number of aliphatic imine (C=N–C) groups is 1. The molecule has 7 heteroatoms. The number of carbonyl (C=O) groups is 2. The van der Waals surface area contributed by atoms with Gasteiger partial charge in [-0.15, -0.1) is 0 Å². The van der Waals surface area contributed by atoms with Gasteiger partial charge in [-0.2, -0.15) is 10.2 Å². The fourth-order valence-corrected chi connectivity index (χ4v) is 3.58. The Labute approximate surface area is 148 Å². The van der Waals surface area contributed by atoms with Crippen molar-refractivity contribution in [3.8, 4) is 0 Å². The van der Waals surface area contributed by atoms with Gasteiger partial charge in [-0.05, 0) is 32.3 Å². The molecule has 1 spiro atoms. The SMILES string of the molecule is CCCCC1=NC2(CCN(C(=O)c3ccnnc3)CC2)C(=O)N1CC. The lowest BCUT2D eigenvalue weighted by Gasteiger charge is -2.36. The lowest BCUT2D eigenvalue weighted by atomic mass is 9.87. The predicted molar refractivity (Wildman–Crippen MR) is 94.2 cm³/mol. The number of likely N-dealkylation sites (tertiary alicyclic amines) is 1. The molecular formula is C18H25N5O2. The number of amides is 2. The van der Waals surface area contributed by atoms with Gasteiger partial charge in [0, 0.05) is 26.1 Å². The highest BCUT2D eigenvalue weighted by molar-refractivity contribution is 6.08. The number of amidine groups is 1. The van der Waals surface area contributed by atoms with Gasteiger partial charge in [0.2, 0.25) is 0 Å². The number of carbonyl (C=O) groups excluding carboxylic acids is 2. The summed E-state index contributed by atoms with van der Waals surface area (Å²) in [7, 11) is 0. The summed E-state index contributed by atoms with van der Waals surface area (Å²) < 4.78 is 0. The Morgan fingerprint density at radius 3 is 2.60 bits per heavy atom. The standard InChI is InChI=1S/C18H25N5O2/c1-3-5-6-15-21-18(17(25)23(15)4-2)8-11-22(12-9-18)16(24)14-7-10-19-20-13-14/h7,10,13H,3-6,8-9,11-12H2,1-2H3. The molecular weight excluding hydrogens is 318 g/mol. The van der Waals surface area contributed by atoms with Gasteiger partial charge in [0.1, 0.15) is 11.4 Å². The zero-order chi connectivity index (χ0) is 17.9. The summed E-state index contributed by atoms with van der Waals surface area (Å²) in [4.78, 5) is 33.9. The van der Waals surface area contributed by atoms with Crippen LogP contribution in [0, 0.1) is 0 Å². The number of piperidine rings is 1. The Bertz CT molecular complexity index is 665. The van der Waals surface area contributed by atoms with Crippen LogP contribution < -0.4 is 0 Å². The molecule has 1 aromatic heterocycles. The highest BCUT2D eigenvalue weighted by atomic mass is 16.2. The smallest absolute Gasteiger partial charge is 0.255 e. The fourth-order valence-electron chi connectivity index (χ4n) is 3.58. The van der Waals surface area contributed by atoms with Gasteiger partial charge in [-0.25, -0.2) is 0 Å². The average molecular weight is 343 g/mol. The van der Waals surface area contributed by atoms with Gasteiger partial charge < -0.3 is 4.90 Å². The van der Waals surface area contributed by atoms with Crippen LogP contribution in [0.4, 0.5) is 0 Å². The number of aromatic nitrogens is 2. The molecule has 0 bridgehead atoms. The van der Waals surface area contributed by atoms with Crippen LogP contribution in [0.1, 0.15) is 56.3 Å². The van der Waals surface area contributed by atoms with Crippen LogP contribution in [0.5, 0.6) is 0 Å².